The Labute approximate surface area is 201 Å². The van der Waals surface area contributed by atoms with Gasteiger partial charge in [-0.2, -0.15) is 0 Å². The first-order chi connectivity index (χ1) is 16.0. The Hall–Kier alpha value is -0.900. The minimum atomic E-state index is -1.28. The summed E-state index contributed by atoms with van der Waals surface area (Å²) in [5.41, 5.74) is 17.3. The highest BCUT2D eigenvalue weighted by molar-refractivity contribution is 5.07. The third-order valence-corrected chi connectivity index (χ3v) is 6.85. The summed E-state index contributed by atoms with van der Waals surface area (Å²) < 4.78 is 23.7. The van der Waals surface area contributed by atoms with Gasteiger partial charge in [-0.1, -0.05) is 6.92 Å². The number of rotatable bonds is 8. The molecule has 2 heterocycles. The lowest BCUT2D eigenvalue weighted by atomic mass is 9.83. The monoisotopic (exact) mass is 489 g/mol. The zero-order valence-electron chi connectivity index (χ0n) is 20.5. The Balaban J connectivity index is 1.76. The summed E-state index contributed by atoms with van der Waals surface area (Å²) in [5.74, 6) is 0.577. The van der Waals surface area contributed by atoms with Crippen molar-refractivity contribution in [2.24, 2.45) is 17.2 Å². The Kier molecular flexibility index (Phi) is 9.31. The van der Waals surface area contributed by atoms with E-state index in [2.05, 4.69) is 10.6 Å². The summed E-state index contributed by atoms with van der Waals surface area (Å²) in [6.45, 7) is 5.89. The second kappa shape index (κ2) is 11.4. The van der Waals surface area contributed by atoms with Gasteiger partial charge in [0.05, 0.1) is 24.7 Å². The first-order valence-electron chi connectivity index (χ1n) is 12.0. The number of hydrogen-bond donors (Lipinski definition) is 8. The lowest BCUT2D eigenvalue weighted by Crippen LogP contribution is -2.69. The summed E-state index contributed by atoms with van der Waals surface area (Å²) >= 11 is 0. The summed E-state index contributed by atoms with van der Waals surface area (Å²) in [6, 6.07) is -2.30. The highest BCUT2D eigenvalue weighted by Crippen LogP contribution is 2.32. The van der Waals surface area contributed by atoms with Crippen LogP contribution in [-0.2, 0) is 18.9 Å². The number of aliphatic hydroxyl groups is 3. The normalized spacial score (nSPS) is 46.5. The van der Waals surface area contributed by atoms with Gasteiger partial charge in [0.25, 0.3) is 0 Å². The second-order valence-electron chi connectivity index (χ2n) is 9.83. The maximum atomic E-state index is 11.3. The Bertz CT molecular complexity index is 697. The van der Waals surface area contributed by atoms with Gasteiger partial charge >= 0.3 is 0 Å². The molecule has 1 aliphatic carbocycles. The molecule has 0 aromatic carbocycles. The van der Waals surface area contributed by atoms with E-state index in [1.807, 2.05) is 13.0 Å². The third-order valence-electron chi connectivity index (χ3n) is 6.85. The second-order valence-corrected chi connectivity index (χ2v) is 9.83. The number of likely N-dealkylation sites (N-methyl/N-ethyl adjacent to an activating group) is 2. The zero-order valence-corrected chi connectivity index (χ0v) is 20.5. The quantitative estimate of drug-likeness (QED) is 0.174. The molecule has 0 spiro atoms. The van der Waals surface area contributed by atoms with Crippen molar-refractivity contribution in [2.75, 3.05) is 20.2 Å². The molecule has 0 amide bonds. The van der Waals surface area contributed by atoms with Gasteiger partial charge in [0.15, 0.2) is 6.29 Å². The average Bonchev–Trinajstić information content (AvgIpc) is 2.76. The van der Waals surface area contributed by atoms with E-state index in [-0.39, 0.29) is 18.7 Å². The SMILES string of the molecule is CCN[C@@H]1C[C@H](N)[C@@H](O[C@H]2OC(C(C)N)=CC[C@H]2N)[C@H](O)[C@H]1O[C@H]1OC[C@](C)(O)[C@H](NC)[C@H]1O. The molecule has 2 aliphatic heterocycles. The molecular formula is C22H43N5O7. The van der Waals surface area contributed by atoms with Crippen LogP contribution in [0.4, 0.5) is 0 Å². The zero-order chi connectivity index (χ0) is 25.2. The molecule has 11 N–H and O–H groups in total. The van der Waals surface area contributed by atoms with E-state index in [0.717, 1.165) is 0 Å². The van der Waals surface area contributed by atoms with Gasteiger partial charge in [-0.3, -0.25) is 0 Å². The fraction of sp³-hybridized carbons (Fsp3) is 0.909. The predicted molar refractivity (Wildman–Crippen MR) is 124 cm³/mol. The van der Waals surface area contributed by atoms with Gasteiger partial charge < -0.3 is 62.1 Å². The standard InChI is InChI=1S/C22H43N5O7/c1-5-27-13-8-12(25)17(33-20-11(24)6-7-14(32-20)10(2)23)15(28)18(13)34-21-16(29)19(26-4)22(3,30)9-31-21/h7,10-13,15-21,26-30H,5-6,8-9,23-25H2,1-4H3/t10?,11-,12+,13-,15+,16-,17-,18+,19-,20-,21-,22+/m1/s1. The van der Waals surface area contributed by atoms with Crippen LogP contribution < -0.4 is 27.8 Å². The van der Waals surface area contributed by atoms with E-state index < -0.39 is 60.7 Å². The first kappa shape index (κ1) is 27.7. The van der Waals surface area contributed by atoms with Crippen LogP contribution in [0.1, 0.15) is 33.6 Å². The van der Waals surface area contributed by atoms with Gasteiger partial charge in [0.2, 0.25) is 6.29 Å². The predicted octanol–water partition coefficient (Wildman–Crippen LogP) is -2.81. The van der Waals surface area contributed by atoms with Gasteiger partial charge in [0, 0.05) is 12.1 Å². The van der Waals surface area contributed by atoms with Gasteiger partial charge in [-0.25, -0.2) is 0 Å². The smallest absolute Gasteiger partial charge is 0.215 e. The molecule has 198 valence electrons. The molecule has 0 radical (unpaired) electrons. The van der Waals surface area contributed by atoms with Crippen molar-refractivity contribution >= 4 is 0 Å². The van der Waals surface area contributed by atoms with E-state index in [1.165, 1.54) is 0 Å². The minimum Gasteiger partial charge on any atom is -0.466 e. The number of nitrogens with one attached hydrogen (secondary N) is 2. The van der Waals surface area contributed by atoms with Crippen molar-refractivity contribution < 1.29 is 34.3 Å². The maximum Gasteiger partial charge on any atom is 0.215 e. The largest absolute Gasteiger partial charge is 0.466 e. The highest BCUT2D eigenvalue weighted by atomic mass is 16.7. The number of nitrogens with two attached hydrogens (primary N) is 3. The topological polar surface area (TPSA) is 200 Å². The molecule has 12 atom stereocenters. The Morgan fingerprint density at radius 1 is 1.18 bits per heavy atom. The van der Waals surface area contributed by atoms with Crippen LogP contribution in [0.15, 0.2) is 11.8 Å². The molecular weight excluding hydrogens is 446 g/mol. The fourth-order valence-electron chi connectivity index (χ4n) is 4.99. The first-order valence-corrected chi connectivity index (χ1v) is 12.0. The van der Waals surface area contributed by atoms with Crippen molar-refractivity contribution in [3.8, 4) is 0 Å². The van der Waals surface area contributed by atoms with Crippen LogP contribution >= 0.6 is 0 Å². The van der Waals surface area contributed by atoms with E-state index >= 15 is 0 Å². The Morgan fingerprint density at radius 3 is 2.47 bits per heavy atom. The summed E-state index contributed by atoms with van der Waals surface area (Å²) in [4.78, 5) is 0. The Morgan fingerprint density at radius 2 is 1.85 bits per heavy atom. The van der Waals surface area contributed by atoms with Crippen LogP contribution in [-0.4, -0.2) is 108 Å². The van der Waals surface area contributed by atoms with Crippen molar-refractivity contribution in [1.82, 2.24) is 10.6 Å². The number of hydrogen-bond acceptors (Lipinski definition) is 12. The molecule has 1 saturated carbocycles. The minimum absolute atomic E-state index is 0.0501. The van der Waals surface area contributed by atoms with Crippen molar-refractivity contribution in [3.63, 3.8) is 0 Å². The van der Waals surface area contributed by atoms with E-state index in [4.69, 9.17) is 36.1 Å². The van der Waals surface area contributed by atoms with E-state index in [1.54, 1.807) is 20.9 Å². The van der Waals surface area contributed by atoms with Crippen molar-refractivity contribution in [3.05, 3.63) is 11.8 Å². The molecule has 0 aromatic heterocycles. The van der Waals surface area contributed by atoms with Gasteiger partial charge in [-0.15, -0.1) is 0 Å². The van der Waals surface area contributed by atoms with E-state index in [9.17, 15) is 15.3 Å². The fourth-order valence-corrected chi connectivity index (χ4v) is 4.99. The van der Waals surface area contributed by atoms with Crippen LogP contribution in [0.2, 0.25) is 0 Å². The lowest BCUT2D eigenvalue weighted by Gasteiger charge is -2.49. The molecule has 2 fully saturated rings. The number of ether oxygens (including phenoxy) is 4. The molecule has 0 aromatic rings. The molecule has 34 heavy (non-hydrogen) atoms. The van der Waals surface area contributed by atoms with Crippen LogP contribution in [0.5, 0.6) is 0 Å². The molecule has 1 saturated heterocycles. The van der Waals surface area contributed by atoms with Crippen LogP contribution in [0.3, 0.4) is 0 Å². The average molecular weight is 490 g/mol. The lowest BCUT2D eigenvalue weighted by molar-refractivity contribution is -0.304. The molecule has 3 rings (SSSR count). The molecule has 12 heteroatoms. The maximum absolute atomic E-state index is 11.3. The summed E-state index contributed by atoms with van der Waals surface area (Å²) in [5, 5.41) is 38.9. The molecule has 3 aliphatic rings. The van der Waals surface area contributed by atoms with Gasteiger partial charge in [-0.05, 0) is 46.4 Å². The highest BCUT2D eigenvalue weighted by Gasteiger charge is 2.51. The summed E-state index contributed by atoms with van der Waals surface area (Å²) in [7, 11) is 1.64. The van der Waals surface area contributed by atoms with E-state index in [0.29, 0.717) is 25.1 Å². The van der Waals surface area contributed by atoms with Crippen molar-refractivity contribution in [2.45, 2.75) is 106 Å². The molecule has 0 bridgehead atoms. The third kappa shape index (κ3) is 5.90. The van der Waals surface area contributed by atoms with Gasteiger partial charge in [0.1, 0.15) is 35.8 Å². The molecule has 1 unspecified atom stereocenters. The van der Waals surface area contributed by atoms with Crippen molar-refractivity contribution in [1.29, 1.82) is 0 Å². The number of aliphatic hydroxyl groups excluding tert-OH is 2. The molecule has 12 nitrogen and oxygen atoms in total. The van der Waals surface area contributed by atoms with Crippen LogP contribution in [0, 0.1) is 0 Å². The summed E-state index contributed by atoms with van der Waals surface area (Å²) in [6.07, 6.45) is -3.09. The van der Waals surface area contributed by atoms with Crippen LogP contribution in [0.25, 0.3) is 0 Å².